The van der Waals surface area contributed by atoms with Crippen LogP contribution in [0.3, 0.4) is 0 Å². The Morgan fingerprint density at radius 3 is 2.53 bits per heavy atom. The van der Waals surface area contributed by atoms with Gasteiger partial charge in [0.05, 0.1) is 0 Å². The van der Waals surface area contributed by atoms with Crippen LogP contribution in [0.4, 0.5) is 0 Å². The van der Waals surface area contributed by atoms with Crippen LogP contribution in [0.25, 0.3) is 5.57 Å². The van der Waals surface area contributed by atoms with Crippen LogP contribution in [-0.4, -0.2) is 0 Å². The minimum Gasteiger partial charge on any atom is -0.0732 e. The van der Waals surface area contributed by atoms with Gasteiger partial charge in [-0.25, -0.2) is 0 Å². The molecule has 1 atom stereocenters. The fourth-order valence-electron chi connectivity index (χ4n) is 2.61. The van der Waals surface area contributed by atoms with Crippen molar-refractivity contribution in [3.8, 4) is 0 Å². The second-order valence-electron chi connectivity index (χ2n) is 4.78. The Labute approximate surface area is 103 Å². The van der Waals surface area contributed by atoms with Crippen LogP contribution in [0.5, 0.6) is 0 Å². The molecule has 1 unspecified atom stereocenters. The highest BCUT2D eigenvalue weighted by molar-refractivity contribution is 5.86. The minimum absolute atomic E-state index is 0.662. The van der Waals surface area contributed by atoms with Crippen molar-refractivity contribution in [1.82, 2.24) is 0 Å². The van der Waals surface area contributed by atoms with Gasteiger partial charge >= 0.3 is 0 Å². The smallest absolute Gasteiger partial charge is 0.0112 e. The molecular weight excluding hydrogens is 204 g/mol. The first-order chi connectivity index (χ1) is 8.34. The van der Waals surface area contributed by atoms with Crippen molar-refractivity contribution in [3.63, 3.8) is 0 Å². The van der Waals surface area contributed by atoms with Crippen LogP contribution in [-0.2, 0) is 0 Å². The first-order valence-corrected chi connectivity index (χ1v) is 6.20. The summed E-state index contributed by atoms with van der Waals surface area (Å²) in [4.78, 5) is 0. The SMILES string of the molecule is CC1C=C2C(=CC=CC=C2c2ccccc2)C1. The summed E-state index contributed by atoms with van der Waals surface area (Å²) in [6, 6.07) is 10.7. The number of allylic oxidation sites excluding steroid dienone is 8. The third-order valence-electron chi connectivity index (χ3n) is 3.39. The molecule has 0 amide bonds. The first-order valence-electron chi connectivity index (χ1n) is 6.20. The lowest BCUT2D eigenvalue weighted by atomic mass is 9.95. The number of fused-ring (bicyclic) bond motifs is 1. The summed E-state index contributed by atoms with van der Waals surface area (Å²) in [6.45, 7) is 2.29. The maximum absolute atomic E-state index is 2.40. The van der Waals surface area contributed by atoms with E-state index in [9.17, 15) is 0 Å². The third kappa shape index (κ3) is 1.91. The minimum atomic E-state index is 0.662. The van der Waals surface area contributed by atoms with Crippen LogP contribution in [0.1, 0.15) is 18.9 Å². The van der Waals surface area contributed by atoms with E-state index in [1.54, 1.807) is 0 Å². The molecule has 0 fully saturated rings. The zero-order valence-electron chi connectivity index (χ0n) is 10.1. The summed E-state index contributed by atoms with van der Waals surface area (Å²) in [7, 11) is 0. The first kappa shape index (κ1) is 10.3. The zero-order chi connectivity index (χ0) is 11.7. The molecule has 3 rings (SSSR count). The number of hydrogen-bond donors (Lipinski definition) is 0. The molecule has 1 aromatic carbocycles. The van der Waals surface area contributed by atoms with E-state index in [2.05, 4.69) is 67.6 Å². The van der Waals surface area contributed by atoms with Gasteiger partial charge in [0.25, 0.3) is 0 Å². The fourth-order valence-corrected chi connectivity index (χ4v) is 2.61. The highest BCUT2D eigenvalue weighted by Crippen LogP contribution is 2.39. The van der Waals surface area contributed by atoms with Crippen LogP contribution in [0, 0.1) is 5.92 Å². The molecule has 2 aliphatic carbocycles. The highest BCUT2D eigenvalue weighted by Gasteiger charge is 2.21. The fraction of sp³-hybridized carbons (Fsp3) is 0.176. The highest BCUT2D eigenvalue weighted by atomic mass is 14.2. The number of hydrogen-bond acceptors (Lipinski definition) is 0. The maximum atomic E-state index is 2.40. The number of benzene rings is 1. The predicted molar refractivity (Wildman–Crippen MR) is 73.5 cm³/mol. The van der Waals surface area contributed by atoms with Gasteiger partial charge in [0.1, 0.15) is 0 Å². The lowest BCUT2D eigenvalue weighted by molar-refractivity contribution is 0.758. The average molecular weight is 220 g/mol. The molecule has 0 saturated heterocycles. The van der Waals surface area contributed by atoms with Gasteiger partial charge < -0.3 is 0 Å². The lowest BCUT2D eigenvalue weighted by Gasteiger charge is -2.09. The molecule has 0 heteroatoms. The molecule has 0 heterocycles. The molecular formula is C17H16. The van der Waals surface area contributed by atoms with Crippen molar-refractivity contribution in [2.24, 2.45) is 5.92 Å². The Morgan fingerprint density at radius 2 is 1.71 bits per heavy atom. The normalized spacial score (nSPS) is 22.4. The largest absolute Gasteiger partial charge is 0.0732 e. The van der Waals surface area contributed by atoms with E-state index in [4.69, 9.17) is 0 Å². The van der Waals surface area contributed by atoms with E-state index < -0.39 is 0 Å². The monoisotopic (exact) mass is 220 g/mol. The zero-order valence-corrected chi connectivity index (χ0v) is 10.1. The second kappa shape index (κ2) is 4.21. The Morgan fingerprint density at radius 1 is 0.941 bits per heavy atom. The van der Waals surface area contributed by atoms with Crippen molar-refractivity contribution in [2.45, 2.75) is 13.3 Å². The van der Waals surface area contributed by atoms with Gasteiger partial charge in [-0.05, 0) is 34.6 Å². The molecule has 0 aromatic heterocycles. The summed E-state index contributed by atoms with van der Waals surface area (Å²) in [5.41, 5.74) is 5.57. The molecule has 84 valence electrons. The van der Waals surface area contributed by atoms with Crippen LogP contribution in [0.15, 0.2) is 71.9 Å². The lowest BCUT2D eigenvalue weighted by Crippen LogP contribution is -1.89. The van der Waals surface area contributed by atoms with E-state index in [1.165, 1.54) is 28.7 Å². The van der Waals surface area contributed by atoms with E-state index >= 15 is 0 Å². The van der Waals surface area contributed by atoms with E-state index in [0.29, 0.717) is 5.92 Å². The molecule has 0 radical (unpaired) electrons. The predicted octanol–water partition coefficient (Wildman–Crippen LogP) is 4.53. The van der Waals surface area contributed by atoms with E-state index in [1.807, 2.05) is 0 Å². The Hall–Kier alpha value is -1.82. The van der Waals surface area contributed by atoms with Crippen molar-refractivity contribution in [2.75, 3.05) is 0 Å². The van der Waals surface area contributed by atoms with Gasteiger partial charge in [-0.1, -0.05) is 67.6 Å². The average Bonchev–Trinajstić information content (AvgIpc) is 2.61. The summed E-state index contributed by atoms with van der Waals surface area (Å²) in [5.74, 6) is 0.662. The number of rotatable bonds is 1. The standard InChI is InChI=1S/C17H16/c1-13-11-15-9-5-6-10-16(17(15)12-13)14-7-3-2-4-8-14/h2-10,12-13H,11H2,1H3. The van der Waals surface area contributed by atoms with E-state index in [-0.39, 0.29) is 0 Å². The van der Waals surface area contributed by atoms with Gasteiger partial charge in [0, 0.05) is 0 Å². The van der Waals surface area contributed by atoms with Crippen molar-refractivity contribution in [3.05, 3.63) is 77.4 Å². The molecule has 0 N–H and O–H groups in total. The third-order valence-corrected chi connectivity index (χ3v) is 3.39. The molecule has 0 nitrogen and oxygen atoms in total. The Bertz CT molecular complexity index is 539. The maximum Gasteiger partial charge on any atom is -0.0112 e. The Balaban J connectivity index is 2.10. The van der Waals surface area contributed by atoms with Gasteiger partial charge in [-0.15, -0.1) is 0 Å². The van der Waals surface area contributed by atoms with Crippen LogP contribution < -0.4 is 0 Å². The van der Waals surface area contributed by atoms with Gasteiger partial charge in [-0.2, -0.15) is 0 Å². The van der Waals surface area contributed by atoms with Crippen molar-refractivity contribution < 1.29 is 0 Å². The quantitative estimate of drug-likeness (QED) is 0.652. The molecule has 2 aliphatic rings. The van der Waals surface area contributed by atoms with Gasteiger partial charge in [0.15, 0.2) is 0 Å². The van der Waals surface area contributed by atoms with E-state index in [0.717, 1.165) is 0 Å². The summed E-state index contributed by atoms with van der Waals surface area (Å²) in [6.07, 6.45) is 12.3. The molecule has 17 heavy (non-hydrogen) atoms. The molecule has 0 bridgehead atoms. The van der Waals surface area contributed by atoms with Crippen molar-refractivity contribution >= 4 is 5.57 Å². The molecule has 0 aliphatic heterocycles. The van der Waals surface area contributed by atoms with Gasteiger partial charge in [0.2, 0.25) is 0 Å². The van der Waals surface area contributed by atoms with Crippen LogP contribution >= 0.6 is 0 Å². The topological polar surface area (TPSA) is 0 Å². The van der Waals surface area contributed by atoms with Gasteiger partial charge in [-0.3, -0.25) is 0 Å². The second-order valence-corrected chi connectivity index (χ2v) is 4.78. The van der Waals surface area contributed by atoms with Crippen LogP contribution in [0.2, 0.25) is 0 Å². The van der Waals surface area contributed by atoms with Crippen molar-refractivity contribution in [1.29, 1.82) is 0 Å². The Kier molecular flexibility index (Phi) is 2.56. The molecule has 0 spiro atoms. The molecule has 1 aromatic rings. The summed E-state index contributed by atoms with van der Waals surface area (Å²) >= 11 is 0. The summed E-state index contributed by atoms with van der Waals surface area (Å²) in [5, 5.41) is 0. The summed E-state index contributed by atoms with van der Waals surface area (Å²) < 4.78 is 0. The molecule has 0 saturated carbocycles.